The third kappa shape index (κ3) is 5.87. The molecule has 0 saturated heterocycles. The van der Waals surface area contributed by atoms with E-state index in [1.165, 1.54) is 0 Å². The van der Waals surface area contributed by atoms with Crippen molar-refractivity contribution in [3.8, 4) is 12.8 Å². The lowest BCUT2D eigenvalue weighted by Gasteiger charge is -1.80. The molecule has 0 aromatic heterocycles. The molecule has 1 aromatic carbocycles. The summed E-state index contributed by atoms with van der Waals surface area (Å²) in [7, 11) is 0. The Bertz CT molecular complexity index is 167. The average molecular weight is 264 g/mol. The predicted octanol–water partition coefficient (Wildman–Crippen LogP) is 3.28. The van der Waals surface area contributed by atoms with E-state index in [2.05, 4.69) is 28.8 Å². The van der Waals surface area contributed by atoms with E-state index in [1.807, 2.05) is 30.3 Å². The lowest BCUT2D eigenvalue weighted by atomic mass is 10.4. The molecule has 0 heterocycles. The highest BCUT2D eigenvalue weighted by atomic mass is 79.9. The average Bonchev–Trinajstić information content (AvgIpc) is 1.94. The van der Waals surface area contributed by atoms with E-state index < -0.39 is 0 Å². The Morgan fingerprint density at radius 3 is 1.60 bits per heavy atom. The molecular weight excluding hydrogens is 256 g/mol. The van der Waals surface area contributed by atoms with Gasteiger partial charge in [0.15, 0.2) is 0 Å². The minimum atomic E-state index is 0. The van der Waals surface area contributed by atoms with Gasteiger partial charge in [-0.3, -0.25) is 0 Å². The molecule has 0 atom stereocenters. The van der Waals surface area contributed by atoms with E-state index in [4.69, 9.17) is 0 Å². The number of terminal acetylenes is 1. The van der Waals surface area contributed by atoms with Crippen molar-refractivity contribution in [3.63, 3.8) is 0 Å². The zero-order valence-electron chi connectivity index (χ0n) is 5.33. The van der Waals surface area contributed by atoms with Crippen LogP contribution >= 0.6 is 32.9 Å². The van der Waals surface area contributed by atoms with Crippen LogP contribution in [0.2, 0.25) is 0 Å². The maximum absolute atomic E-state index is 4.00. The molecule has 0 N–H and O–H groups in total. The Hall–Kier alpha value is -0.260. The summed E-state index contributed by atoms with van der Waals surface area (Å²) in [5.74, 6) is 0. The maximum atomic E-state index is 4.00. The second kappa shape index (κ2) is 8.74. The van der Waals surface area contributed by atoms with Gasteiger partial charge in [-0.1, -0.05) is 34.1 Å². The van der Waals surface area contributed by atoms with Crippen LogP contribution < -0.4 is 0 Å². The van der Waals surface area contributed by atoms with Crippen LogP contribution in [0.25, 0.3) is 0 Å². The van der Waals surface area contributed by atoms with Gasteiger partial charge in [-0.05, 0) is 12.1 Å². The number of benzene rings is 1. The van der Waals surface area contributed by atoms with Gasteiger partial charge < -0.3 is 0 Å². The summed E-state index contributed by atoms with van der Waals surface area (Å²) in [6.07, 6.45) is 8.00. The Labute approximate surface area is 80.5 Å². The highest BCUT2D eigenvalue weighted by Gasteiger charge is 1.74. The zero-order valence-corrected chi connectivity index (χ0v) is 8.63. The fraction of sp³-hybridized carbons (Fsp3) is 0. The van der Waals surface area contributed by atoms with E-state index in [0.29, 0.717) is 0 Å². The minimum absolute atomic E-state index is 0. The first-order valence-corrected chi connectivity index (χ1v) is 3.23. The molecule has 1 aromatic rings. The third-order valence-corrected chi connectivity index (χ3v) is 1.26. The molecule has 0 saturated carbocycles. The first-order valence-electron chi connectivity index (χ1n) is 2.43. The van der Waals surface area contributed by atoms with Gasteiger partial charge in [-0.2, -0.15) is 0 Å². The van der Waals surface area contributed by atoms with Gasteiger partial charge in [0.25, 0.3) is 0 Å². The molecule has 54 valence electrons. The van der Waals surface area contributed by atoms with Crippen molar-refractivity contribution in [2.45, 2.75) is 0 Å². The molecule has 0 aliphatic heterocycles. The first kappa shape index (κ1) is 12.4. The summed E-state index contributed by atoms with van der Waals surface area (Å²) >= 11 is 3.31. The Balaban J connectivity index is 0. The molecular formula is C8H8Br2. The van der Waals surface area contributed by atoms with Crippen molar-refractivity contribution in [1.29, 1.82) is 0 Å². The molecule has 0 fully saturated rings. The molecule has 10 heavy (non-hydrogen) atoms. The Kier molecular flexibility index (Phi) is 10.9. The van der Waals surface area contributed by atoms with Gasteiger partial charge in [-0.25, -0.2) is 0 Å². The standard InChI is InChI=1S/C6H5Br.C2H2.BrH/c7-6-4-2-1-3-5-6;1-2;/h1-5H;1-2H;1H. The fourth-order valence-electron chi connectivity index (χ4n) is 0.415. The largest absolute Gasteiger partial charge is 0.124 e. The smallest absolute Gasteiger partial charge is 0.0175 e. The number of rotatable bonds is 0. The second-order valence-electron chi connectivity index (χ2n) is 1.30. The zero-order chi connectivity index (χ0) is 7.11. The molecule has 0 bridgehead atoms. The Morgan fingerprint density at radius 1 is 1.00 bits per heavy atom. The summed E-state index contributed by atoms with van der Waals surface area (Å²) < 4.78 is 1.13. The van der Waals surface area contributed by atoms with Crippen molar-refractivity contribution >= 4 is 32.9 Å². The molecule has 0 amide bonds. The van der Waals surface area contributed by atoms with Gasteiger partial charge in [0.1, 0.15) is 0 Å². The molecule has 0 aliphatic carbocycles. The van der Waals surface area contributed by atoms with Crippen LogP contribution in [0, 0.1) is 12.8 Å². The maximum Gasteiger partial charge on any atom is 0.0175 e. The summed E-state index contributed by atoms with van der Waals surface area (Å²) in [6.45, 7) is 0. The summed E-state index contributed by atoms with van der Waals surface area (Å²) in [4.78, 5) is 0. The fourth-order valence-corrected chi connectivity index (χ4v) is 0.720. The SMILES string of the molecule is Br.Brc1ccccc1.C#C. The molecule has 0 unspecified atom stereocenters. The van der Waals surface area contributed by atoms with Crippen LogP contribution in [0.15, 0.2) is 34.8 Å². The van der Waals surface area contributed by atoms with Crippen LogP contribution in [0.3, 0.4) is 0 Å². The van der Waals surface area contributed by atoms with E-state index in [-0.39, 0.29) is 17.0 Å². The van der Waals surface area contributed by atoms with Crippen LogP contribution in [-0.2, 0) is 0 Å². The van der Waals surface area contributed by atoms with E-state index in [9.17, 15) is 0 Å². The molecule has 1 rings (SSSR count). The highest BCUT2D eigenvalue weighted by Crippen LogP contribution is 2.05. The number of halogens is 2. The molecule has 0 nitrogen and oxygen atoms in total. The van der Waals surface area contributed by atoms with Crippen LogP contribution in [0.5, 0.6) is 0 Å². The van der Waals surface area contributed by atoms with Gasteiger partial charge >= 0.3 is 0 Å². The summed E-state index contributed by atoms with van der Waals surface area (Å²) in [6, 6.07) is 9.97. The van der Waals surface area contributed by atoms with Crippen molar-refractivity contribution in [1.82, 2.24) is 0 Å². The molecule has 2 heteroatoms. The van der Waals surface area contributed by atoms with E-state index in [0.717, 1.165) is 4.47 Å². The summed E-state index contributed by atoms with van der Waals surface area (Å²) in [5.41, 5.74) is 0. The molecule has 0 spiro atoms. The van der Waals surface area contributed by atoms with Crippen molar-refractivity contribution in [2.24, 2.45) is 0 Å². The van der Waals surface area contributed by atoms with Crippen molar-refractivity contribution < 1.29 is 0 Å². The van der Waals surface area contributed by atoms with Crippen LogP contribution in [-0.4, -0.2) is 0 Å². The van der Waals surface area contributed by atoms with Gasteiger partial charge in [0, 0.05) is 4.47 Å². The van der Waals surface area contributed by atoms with Crippen LogP contribution in [0.1, 0.15) is 0 Å². The van der Waals surface area contributed by atoms with E-state index >= 15 is 0 Å². The van der Waals surface area contributed by atoms with Gasteiger partial charge in [0.2, 0.25) is 0 Å². The monoisotopic (exact) mass is 262 g/mol. The van der Waals surface area contributed by atoms with E-state index in [1.54, 1.807) is 0 Å². The van der Waals surface area contributed by atoms with Gasteiger partial charge in [0.05, 0.1) is 0 Å². The topological polar surface area (TPSA) is 0 Å². The lowest BCUT2D eigenvalue weighted by molar-refractivity contribution is 1.66. The second-order valence-corrected chi connectivity index (χ2v) is 2.21. The first-order chi connectivity index (χ1) is 4.39. The number of hydrogen-bond donors (Lipinski definition) is 0. The molecule has 0 radical (unpaired) electrons. The molecule has 0 aliphatic rings. The van der Waals surface area contributed by atoms with Gasteiger partial charge in [-0.15, -0.1) is 29.8 Å². The number of hydrogen-bond acceptors (Lipinski definition) is 0. The predicted molar refractivity (Wildman–Crippen MR) is 54.4 cm³/mol. The van der Waals surface area contributed by atoms with Crippen LogP contribution in [0.4, 0.5) is 0 Å². The summed E-state index contributed by atoms with van der Waals surface area (Å²) in [5, 5.41) is 0. The Morgan fingerprint density at radius 2 is 1.40 bits per heavy atom. The lowest BCUT2D eigenvalue weighted by Crippen LogP contribution is -1.55. The highest BCUT2D eigenvalue weighted by molar-refractivity contribution is 9.10. The third-order valence-electron chi connectivity index (χ3n) is 0.733. The van der Waals surface area contributed by atoms with Crippen molar-refractivity contribution in [2.75, 3.05) is 0 Å². The quantitative estimate of drug-likeness (QED) is 0.631. The minimum Gasteiger partial charge on any atom is -0.124 e. The normalized spacial score (nSPS) is 6.30. The van der Waals surface area contributed by atoms with Crippen molar-refractivity contribution in [3.05, 3.63) is 34.8 Å².